The Balaban J connectivity index is 2.57. The molecule has 2 unspecified atom stereocenters. The van der Waals surface area contributed by atoms with Crippen LogP contribution in [0.5, 0.6) is 5.75 Å². The predicted molar refractivity (Wildman–Crippen MR) is 76.3 cm³/mol. The van der Waals surface area contributed by atoms with Gasteiger partial charge in [-0.25, -0.2) is 0 Å². The molecule has 4 nitrogen and oxygen atoms in total. The second kappa shape index (κ2) is 7.94. The fraction of sp³-hybridized carbons (Fsp3) is 0.467. The van der Waals surface area contributed by atoms with E-state index in [1.54, 1.807) is 0 Å². The smallest absolute Gasteiger partial charge is 0.119 e. The van der Waals surface area contributed by atoms with Crippen molar-refractivity contribution in [3.8, 4) is 5.75 Å². The Labute approximate surface area is 114 Å². The van der Waals surface area contributed by atoms with Crippen LogP contribution >= 0.6 is 0 Å². The lowest BCUT2D eigenvalue weighted by Gasteiger charge is -2.20. The van der Waals surface area contributed by atoms with Crippen LogP contribution in [0.25, 0.3) is 0 Å². The fourth-order valence-corrected chi connectivity index (χ4v) is 1.66. The molecule has 0 saturated carbocycles. The maximum Gasteiger partial charge on any atom is 0.119 e. The van der Waals surface area contributed by atoms with Crippen LogP contribution in [-0.2, 0) is 0 Å². The lowest BCUT2D eigenvalue weighted by molar-refractivity contribution is 0.132. The van der Waals surface area contributed by atoms with Crippen molar-refractivity contribution in [2.45, 2.75) is 26.0 Å². The van der Waals surface area contributed by atoms with Gasteiger partial charge < -0.3 is 20.3 Å². The molecule has 0 aliphatic carbocycles. The van der Waals surface area contributed by atoms with Gasteiger partial charge in [-0.05, 0) is 37.1 Å². The average Bonchev–Trinajstić information content (AvgIpc) is 2.42. The van der Waals surface area contributed by atoms with Crippen molar-refractivity contribution >= 4 is 0 Å². The summed E-state index contributed by atoms with van der Waals surface area (Å²) in [5.74, 6) is 0.759. The Kier molecular flexibility index (Phi) is 6.56. The van der Waals surface area contributed by atoms with E-state index in [9.17, 15) is 5.11 Å². The maximum atomic E-state index is 10.1. The van der Waals surface area contributed by atoms with E-state index in [0.717, 1.165) is 16.9 Å². The normalized spacial score (nSPS) is 13.9. The molecule has 106 valence electrons. The molecule has 0 aliphatic rings. The summed E-state index contributed by atoms with van der Waals surface area (Å²) in [6.45, 7) is 8.59. The van der Waals surface area contributed by atoms with E-state index in [2.05, 4.69) is 11.9 Å². The van der Waals surface area contributed by atoms with Crippen LogP contribution < -0.4 is 10.1 Å². The van der Waals surface area contributed by atoms with Gasteiger partial charge in [-0.3, -0.25) is 0 Å². The molecule has 0 amide bonds. The molecule has 19 heavy (non-hydrogen) atoms. The summed E-state index contributed by atoms with van der Waals surface area (Å²) in [7, 11) is 0. The minimum Gasteiger partial charge on any atom is -0.489 e. The summed E-state index contributed by atoms with van der Waals surface area (Å²) in [5.41, 5.74) is 1.78. The van der Waals surface area contributed by atoms with Gasteiger partial charge in [0.25, 0.3) is 0 Å². The quantitative estimate of drug-likeness (QED) is 0.625. The number of nitrogens with one attached hydrogen (secondary N) is 1. The molecule has 2 atom stereocenters. The highest BCUT2D eigenvalue weighted by atomic mass is 16.5. The molecule has 0 saturated heterocycles. The topological polar surface area (TPSA) is 61.7 Å². The Morgan fingerprint density at radius 1 is 1.37 bits per heavy atom. The van der Waals surface area contributed by atoms with E-state index >= 15 is 0 Å². The number of hydrogen-bond donors (Lipinski definition) is 3. The molecule has 0 spiro atoms. The zero-order valence-corrected chi connectivity index (χ0v) is 11.6. The molecule has 0 aliphatic heterocycles. The number of benzene rings is 1. The van der Waals surface area contributed by atoms with Crippen molar-refractivity contribution in [2.24, 2.45) is 0 Å². The summed E-state index contributed by atoms with van der Waals surface area (Å²) in [6, 6.07) is 7.24. The molecule has 3 N–H and O–H groups in total. The van der Waals surface area contributed by atoms with Gasteiger partial charge in [0.15, 0.2) is 0 Å². The maximum absolute atomic E-state index is 10.1. The number of hydrogen-bond acceptors (Lipinski definition) is 4. The van der Waals surface area contributed by atoms with Crippen molar-refractivity contribution in [1.82, 2.24) is 5.32 Å². The molecular formula is C15H23NO3. The SMILES string of the molecule is C=C(C)COc1ccc(C(O)C(C)NCCO)cc1. The Bertz CT molecular complexity index is 389. The summed E-state index contributed by atoms with van der Waals surface area (Å²) >= 11 is 0. The van der Waals surface area contributed by atoms with Crippen LogP contribution in [0.4, 0.5) is 0 Å². The average molecular weight is 265 g/mol. The molecule has 1 rings (SSSR count). The Morgan fingerprint density at radius 2 is 2.00 bits per heavy atom. The van der Waals surface area contributed by atoms with Gasteiger partial charge in [0.05, 0.1) is 12.7 Å². The van der Waals surface area contributed by atoms with Gasteiger partial charge >= 0.3 is 0 Å². The lowest BCUT2D eigenvalue weighted by atomic mass is 10.0. The van der Waals surface area contributed by atoms with Gasteiger partial charge in [0.2, 0.25) is 0 Å². The molecular weight excluding hydrogens is 242 g/mol. The first-order valence-electron chi connectivity index (χ1n) is 6.44. The van der Waals surface area contributed by atoms with Crippen molar-refractivity contribution in [3.05, 3.63) is 42.0 Å². The van der Waals surface area contributed by atoms with E-state index < -0.39 is 6.10 Å². The molecule has 0 bridgehead atoms. The first-order valence-corrected chi connectivity index (χ1v) is 6.44. The van der Waals surface area contributed by atoms with Gasteiger partial charge in [-0.15, -0.1) is 0 Å². The van der Waals surface area contributed by atoms with E-state index in [-0.39, 0.29) is 12.6 Å². The highest BCUT2D eigenvalue weighted by molar-refractivity contribution is 5.29. The number of aliphatic hydroxyl groups excluding tert-OH is 2. The minimum atomic E-state index is -0.609. The minimum absolute atomic E-state index is 0.0603. The molecule has 1 aromatic carbocycles. The number of aliphatic hydroxyl groups is 2. The van der Waals surface area contributed by atoms with E-state index in [1.807, 2.05) is 38.1 Å². The predicted octanol–water partition coefficient (Wildman–Crippen LogP) is 1.65. The summed E-state index contributed by atoms with van der Waals surface area (Å²) in [6.07, 6.45) is -0.609. The lowest BCUT2D eigenvalue weighted by Crippen LogP contribution is -2.34. The third-order valence-corrected chi connectivity index (χ3v) is 2.76. The highest BCUT2D eigenvalue weighted by Gasteiger charge is 2.15. The standard InChI is InChI=1S/C15H23NO3/c1-11(2)10-19-14-6-4-13(5-7-14)15(18)12(3)16-8-9-17/h4-7,12,15-18H,1,8-10H2,2-3H3. The first kappa shape index (κ1) is 15.7. The van der Waals surface area contributed by atoms with Gasteiger partial charge in [0.1, 0.15) is 12.4 Å². The molecule has 0 aromatic heterocycles. The van der Waals surface area contributed by atoms with Crippen molar-refractivity contribution in [3.63, 3.8) is 0 Å². The monoisotopic (exact) mass is 265 g/mol. The Hall–Kier alpha value is -1.36. The third kappa shape index (κ3) is 5.42. The van der Waals surface area contributed by atoms with Crippen LogP contribution in [0.3, 0.4) is 0 Å². The molecule has 0 radical (unpaired) electrons. The number of rotatable bonds is 8. The molecule has 0 fully saturated rings. The molecule has 0 heterocycles. The zero-order valence-electron chi connectivity index (χ0n) is 11.6. The summed E-state index contributed by atoms with van der Waals surface area (Å²) < 4.78 is 5.50. The van der Waals surface area contributed by atoms with Crippen LogP contribution in [0.2, 0.25) is 0 Å². The van der Waals surface area contributed by atoms with Gasteiger partial charge in [-0.1, -0.05) is 18.7 Å². The van der Waals surface area contributed by atoms with Crippen LogP contribution in [0.15, 0.2) is 36.4 Å². The third-order valence-electron chi connectivity index (χ3n) is 2.76. The highest BCUT2D eigenvalue weighted by Crippen LogP contribution is 2.20. The van der Waals surface area contributed by atoms with E-state index in [4.69, 9.17) is 9.84 Å². The first-order chi connectivity index (χ1) is 9.04. The largest absolute Gasteiger partial charge is 0.489 e. The molecule has 1 aromatic rings. The summed E-state index contributed by atoms with van der Waals surface area (Å²) in [5, 5.41) is 21.9. The van der Waals surface area contributed by atoms with Crippen molar-refractivity contribution < 1.29 is 14.9 Å². The second-order valence-electron chi connectivity index (χ2n) is 4.73. The van der Waals surface area contributed by atoms with Crippen molar-refractivity contribution in [1.29, 1.82) is 0 Å². The fourth-order valence-electron chi connectivity index (χ4n) is 1.66. The zero-order chi connectivity index (χ0) is 14.3. The van der Waals surface area contributed by atoms with Crippen LogP contribution in [-0.4, -0.2) is 36.0 Å². The molecule has 4 heteroatoms. The Morgan fingerprint density at radius 3 is 2.53 bits per heavy atom. The van der Waals surface area contributed by atoms with E-state index in [1.165, 1.54) is 0 Å². The number of ether oxygens (including phenoxy) is 1. The van der Waals surface area contributed by atoms with Gasteiger partial charge in [0, 0.05) is 12.6 Å². The van der Waals surface area contributed by atoms with Crippen molar-refractivity contribution in [2.75, 3.05) is 19.8 Å². The van der Waals surface area contributed by atoms with E-state index in [0.29, 0.717) is 13.2 Å². The van der Waals surface area contributed by atoms with Crippen LogP contribution in [0, 0.1) is 0 Å². The van der Waals surface area contributed by atoms with Gasteiger partial charge in [-0.2, -0.15) is 0 Å². The second-order valence-corrected chi connectivity index (χ2v) is 4.73. The van der Waals surface area contributed by atoms with Crippen LogP contribution in [0.1, 0.15) is 25.5 Å². The summed E-state index contributed by atoms with van der Waals surface area (Å²) in [4.78, 5) is 0.